The van der Waals surface area contributed by atoms with Crippen molar-refractivity contribution in [2.45, 2.75) is 64.5 Å². The van der Waals surface area contributed by atoms with Crippen LogP contribution in [0, 0.1) is 0 Å². The summed E-state index contributed by atoms with van der Waals surface area (Å²) in [6, 6.07) is 10.9. The minimum absolute atomic E-state index is 0.148. The fourth-order valence-electron chi connectivity index (χ4n) is 5.31. The zero-order valence-electron chi connectivity index (χ0n) is 22.0. The van der Waals surface area contributed by atoms with Crippen LogP contribution in [0.25, 0.3) is 16.2 Å². The third-order valence-corrected chi connectivity index (χ3v) is 8.21. The van der Waals surface area contributed by atoms with E-state index in [4.69, 9.17) is 10.1 Å². The highest BCUT2D eigenvalue weighted by molar-refractivity contribution is 7.20. The van der Waals surface area contributed by atoms with Gasteiger partial charge in [-0.25, -0.2) is 4.98 Å². The highest BCUT2D eigenvalue weighted by Crippen LogP contribution is 2.34. The lowest BCUT2D eigenvalue weighted by atomic mass is 9.94. The van der Waals surface area contributed by atoms with Crippen LogP contribution in [0.1, 0.15) is 52.9 Å². The molecule has 1 amide bonds. The van der Waals surface area contributed by atoms with Gasteiger partial charge in [0.2, 0.25) is 16.0 Å². The Morgan fingerprint density at radius 3 is 2.44 bits per heavy atom. The summed E-state index contributed by atoms with van der Waals surface area (Å²) in [5.41, 5.74) is 1.80. The molecule has 5 rings (SSSR count). The summed E-state index contributed by atoms with van der Waals surface area (Å²) in [5, 5.41) is 9.26. The second-order valence-electron chi connectivity index (χ2n) is 11.2. The Balaban J connectivity index is 1.27. The van der Waals surface area contributed by atoms with Crippen molar-refractivity contribution in [2.75, 3.05) is 50.0 Å². The van der Waals surface area contributed by atoms with E-state index in [2.05, 4.69) is 43.1 Å². The molecule has 1 saturated carbocycles. The predicted octanol–water partition coefficient (Wildman–Crippen LogP) is 4.58. The minimum Gasteiger partial charge on any atom is -0.364 e. The summed E-state index contributed by atoms with van der Waals surface area (Å²) in [7, 11) is 1.95. The quantitative estimate of drug-likeness (QED) is 0.525. The zero-order chi connectivity index (χ0) is 25.3. The number of carbonyl (C=O) groups excluding carboxylic acids is 1. The highest BCUT2D eigenvalue weighted by Gasteiger charge is 2.28. The van der Waals surface area contributed by atoms with Crippen LogP contribution < -0.4 is 10.2 Å². The third-order valence-electron chi connectivity index (χ3n) is 7.19. The lowest BCUT2D eigenvalue weighted by molar-refractivity contribution is -0.131. The summed E-state index contributed by atoms with van der Waals surface area (Å²) in [5.74, 6) is 1.05. The number of hydrogen-bond acceptors (Lipinski definition) is 7. The van der Waals surface area contributed by atoms with Gasteiger partial charge in [-0.15, -0.1) is 5.10 Å². The lowest BCUT2D eigenvalue weighted by Gasteiger charge is -2.41. The number of fused-ring (bicyclic) bond motifs is 1. The van der Waals surface area contributed by atoms with Crippen molar-refractivity contribution in [2.24, 2.45) is 0 Å². The molecule has 1 aromatic carbocycles. The van der Waals surface area contributed by atoms with Crippen LogP contribution in [0.5, 0.6) is 0 Å². The van der Waals surface area contributed by atoms with Gasteiger partial charge in [0.1, 0.15) is 5.69 Å². The van der Waals surface area contributed by atoms with E-state index in [1.54, 1.807) is 0 Å². The summed E-state index contributed by atoms with van der Waals surface area (Å²) in [6.07, 6.45) is 6.72. The molecule has 0 spiro atoms. The van der Waals surface area contributed by atoms with Crippen LogP contribution in [0.3, 0.4) is 0 Å². The fourth-order valence-corrected chi connectivity index (χ4v) is 6.17. The van der Waals surface area contributed by atoms with E-state index in [1.807, 2.05) is 39.6 Å². The Morgan fingerprint density at radius 1 is 1.08 bits per heavy atom. The normalized spacial score (nSPS) is 18.1. The largest absolute Gasteiger partial charge is 0.364 e. The van der Waals surface area contributed by atoms with Gasteiger partial charge in [0.25, 0.3) is 0 Å². The molecular weight excluding hydrogens is 470 g/mol. The molecule has 3 heterocycles. The van der Waals surface area contributed by atoms with E-state index in [-0.39, 0.29) is 11.4 Å². The topological polar surface area (TPSA) is 69.0 Å². The fraction of sp³-hybridized carbons (Fsp3) is 0.593. The lowest BCUT2D eigenvalue weighted by Crippen LogP contribution is -2.53. The second-order valence-corrected chi connectivity index (χ2v) is 12.1. The number of amides is 1. The molecular formula is C27H39N7OS. The third kappa shape index (κ3) is 5.52. The van der Waals surface area contributed by atoms with Crippen molar-refractivity contribution in [3.05, 3.63) is 30.3 Å². The van der Waals surface area contributed by atoms with Crippen molar-refractivity contribution in [3.63, 3.8) is 0 Å². The van der Waals surface area contributed by atoms with Crippen LogP contribution in [-0.2, 0) is 4.79 Å². The number of anilines is 2. The molecule has 0 bridgehead atoms. The number of piperazine rings is 1. The summed E-state index contributed by atoms with van der Waals surface area (Å²) >= 11 is 1.52. The Bertz CT molecular complexity index is 1170. The minimum atomic E-state index is -0.148. The molecule has 2 aliphatic rings. The number of benzene rings is 1. The van der Waals surface area contributed by atoms with Crippen LogP contribution in [0.15, 0.2) is 30.3 Å². The van der Waals surface area contributed by atoms with Gasteiger partial charge in [0.15, 0.2) is 5.82 Å². The number of nitrogens with zero attached hydrogens (tertiary/aromatic N) is 6. The summed E-state index contributed by atoms with van der Waals surface area (Å²) in [4.78, 5) is 25.4. The molecule has 1 aliphatic carbocycles. The molecule has 9 heteroatoms. The van der Waals surface area contributed by atoms with Gasteiger partial charge in [-0.05, 0) is 33.6 Å². The van der Waals surface area contributed by atoms with Crippen molar-refractivity contribution in [1.29, 1.82) is 0 Å². The molecule has 1 saturated heterocycles. The highest BCUT2D eigenvalue weighted by atomic mass is 32.1. The van der Waals surface area contributed by atoms with Gasteiger partial charge in [0.05, 0.1) is 6.54 Å². The standard InChI is InChI=1S/C27H39N7OS/c1-27(2,3)29-24-23(20-11-7-5-8-12-20)28-25-34(24)30-26(36-25)31(4)19-22(35)33-17-15-32(16-18-33)21-13-9-6-10-14-21/h5,7-8,11-12,21,29H,6,9-10,13-19H2,1-4H3. The maximum absolute atomic E-state index is 13.1. The maximum atomic E-state index is 13.1. The molecule has 194 valence electrons. The van der Waals surface area contributed by atoms with E-state index in [0.29, 0.717) is 6.54 Å². The van der Waals surface area contributed by atoms with Crippen LogP contribution >= 0.6 is 11.3 Å². The maximum Gasteiger partial charge on any atom is 0.242 e. The smallest absolute Gasteiger partial charge is 0.242 e. The van der Waals surface area contributed by atoms with Crippen molar-refractivity contribution in [1.82, 2.24) is 24.4 Å². The van der Waals surface area contributed by atoms with Crippen LogP contribution in [0.4, 0.5) is 10.9 Å². The molecule has 36 heavy (non-hydrogen) atoms. The molecule has 8 nitrogen and oxygen atoms in total. The number of aromatic nitrogens is 3. The first-order valence-corrected chi connectivity index (χ1v) is 14.1. The van der Waals surface area contributed by atoms with E-state index in [9.17, 15) is 4.79 Å². The molecule has 2 aromatic heterocycles. The summed E-state index contributed by atoms with van der Waals surface area (Å²) < 4.78 is 1.89. The van der Waals surface area contributed by atoms with Gasteiger partial charge in [-0.3, -0.25) is 9.69 Å². The molecule has 0 atom stereocenters. The number of nitrogens with one attached hydrogen (secondary N) is 1. The number of rotatable bonds is 6. The molecule has 1 N–H and O–H groups in total. The van der Waals surface area contributed by atoms with Crippen molar-refractivity contribution < 1.29 is 4.79 Å². The first-order valence-electron chi connectivity index (χ1n) is 13.2. The molecule has 2 fully saturated rings. The molecule has 3 aromatic rings. The van der Waals surface area contributed by atoms with E-state index in [0.717, 1.165) is 59.4 Å². The van der Waals surface area contributed by atoms with Crippen LogP contribution in [0.2, 0.25) is 0 Å². The Hall–Kier alpha value is -2.65. The van der Waals surface area contributed by atoms with Gasteiger partial charge in [-0.2, -0.15) is 4.52 Å². The predicted molar refractivity (Wildman–Crippen MR) is 148 cm³/mol. The molecule has 1 aliphatic heterocycles. The number of likely N-dealkylation sites (N-methyl/N-ethyl adjacent to an activating group) is 1. The van der Waals surface area contributed by atoms with Gasteiger partial charge < -0.3 is 15.1 Å². The van der Waals surface area contributed by atoms with Crippen molar-refractivity contribution >= 4 is 33.2 Å². The Morgan fingerprint density at radius 2 is 1.78 bits per heavy atom. The molecule has 0 radical (unpaired) electrons. The Kier molecular flexibility index (Phi) is 7.21. The van der Waals surface area contributed by atoms with E-state index >= 15 is 0 Å². The monoisotopic (exact) mass is 509 g/mol. The van der Waals surface area contributed by atoms with Gasteiger partial charge in [0, 0.05) is 50.4 Å². The first kappa shape index (κ1) is 25.0. The number of hydrogen-bond donors (Lipinski definition) is 1. The molecule has 0 unspecified atom stereocenters. The van der Waals surface area contributed by atoms with Crippen molar-refractivity contribution in [3.8, 4) is 11.3 Å². The SMILES string of the molecule is CN(CC(=O)N1CCN(C2CCCCC2)CC1)c1nn2c(NC(C)(C)C)c(-c3ccccc3)nc2s1. The van der Waals surface area contributed by atoms with Gasteiger partial charge in [-0.1, -0.05) is 60.9 Å². The first-order chi connectivity index (χ1) is 17.3. The number of imidazole rings is 1. The second kappa shape index (κ2) is 10.4. The average Bonchev–Trinajstić information content (AvgIpc) is 3.44. The average molecular weight is 510 g/mol. The summed E-state index contributed by atoms with van der Waals surface area (Å²) in [6.45, 7) is 10.4. The Labute approximate surface area is 218 Å². The number of carbonyl (C=O) groups is 1. The van der Waals surface area contributed by atoms with E-state index in [1.165, 1.54) is 43.4 Å². The van der Waals surface area contributed by atoms with Crippen LogP contribution in [-0.4, -0.2) is 81.7 Å². The van der Waals surface area contributed by atoms with Gasteiger partial charge >= 0.3 is 0 Å². The zero-order valence-corrected chi connectivity index (χ0v) is 22.9. The van der Waals surface area contributed by atoms with E-state index < -0.39 is 0 Å².